The fraction of sp³-hybridized carbons (Fsp3) is 0.917. The molecule has 2 rings (SSSR count). The monoisotopic (exact) mass is 225 g/mol. The third-order valence-electron chi connectivity index (χ3n) is 3.42. The van der Waals surface area contributed by atoms with Gasteiger partial charge in [0.15, 0.2) is 0 Å². The fourth-order valence-electron chi connectivity index (χ4n) is 2.21. The summed E-state index contributed by atoms with van der Waals surface area (Å²) in [5.74, 6) is 1.02. The highest BCUT2D eigenvalue weighted by atomic mass is 16.2. The highest BCUT2D eigenvalue weighted by Crippen LogP contribution is 2.29. The molecule has 1 heterocycles. The molecule has 2 N–H and O–H groups in total. The molecule has 1 amide bonds. The predicted molar refractivity (Wildman–Crippen MR) is 64.0 cm³/mol. The van der Waals surface area contributed by atoms with Gasteiger partial charge in [-0.05, 0) is 32.6 Å². The van der Waals surface area contributed by atoms with Crippen molar-refractivity contribution in [3.63, 3.8) is 0 Å². The molecule has 1 aliphatic heterocycles. The van der Waals surface area contributed by atoms with E-state index in [2.05, 4.69) is 4.90 Å². The van der Waals surface area contributed by atoms with Crippen LogP contribution in [-0.2, 0) is 4.79 Å². The van der Waals surface area contributed by atoms with Gasteiger partial charge < -0.3 is 10.6 Å². The normalized spacial score (nSPS) is 23.6. The maximum atomic E-state index is 11.9. The first kappa shape index (κ1) is 11.9. The van der Waals surface area contributed by atoms with Gasteiger partial charge in [-0.1, -0.05) is 0 Å². The van der Waals surface area contributed by atoms with Crippen LogP contribution in [0.3, 0.4) is 0 Å². The van der Waals surface area contributed by atoms with Crippen LogP contribution in [-0.4, -0.2) is 54.0 Å². The van der Waals surface area contributed by atoms with Gasteiger partial charge >= 0.3 is 0 Å². The Morgan fingerprint density at radius 2 is 1.81 bits per heavy atom. The average molecular weight is 225 g/mol. The van der Waals surface area contributed by atoms with E-state index in [1.165, 1.54) is 19.4 Å². The SMILES string of the molecule is CC(C)(N)C(=O)N1CCN(CC2CC2)CC1. The Kier molecular flexibility index (Phi) is 3.22. The van der Waals surface area contributed by atoms with E-state index in [1.807, 2.05) is 4.90 Å². The quantitative estimate of drug-likeness (QED) is 0.750. The summed E-state index contributed by atoms with van der Waals surface area (Å²) >= 11 is 0. The molecule has 1 saturated heterocycles. The van der Waals surface area contributed by atoms with Crippen molar-refractivity contribution < 1.29 is 4.79 Å². The van der Waals surface area contributed by atoms with Gasteiger partial charge in [0, 0.05) is 32.7 Å². The van der Waals surface area contributed by atoms with E-state index < -0.39 is 5.54 Å². The van der Waals surface area contributed by atoms with Crippen molar-refractivity contribution in [1.82, 2.24) is 9.80 Å². The number of nitrogens with two attached hydrogens (primary N) is 1. The van der Waals surface area contributed by atoms with Gasteiger partial charge in [-0.25, -0.2) is 0 Å². The molecule has 92 valence electrons. The zero-order valence-electron chi connectivity index (χ0n) is 10.4. The van der Waals surface area contributed by atoms with Crippen molar-refractivity contribution in [3.8, 4) is 0 Å². The molecular weight excluding hydrogens is 202 g/mol. The Bertz CT molecular complexity index is 260. The van der Waals surface area contributed by atoms with Gasteiger partial charge in [-0.15, -0.1) is 0 Å². The lowest BCUT2D eigenvalue weighted by atomic mass is 10.0. The zero-order chi connectivity index (χ0) is 11.8. The molecule has 0 aromatic carbocycles. The van der Waals surface area contributed by atoms with Crippen LogP contribution < -0.4 is 5.73 Å². The lowest BCUT2D eigenvalue weighted by Gasteiger charge is -2.37. The van der Waals surface area contributed by atoms with Gasteiger partial charge in [-0.3, -0.25) is 9.69 Å². The fourth-order valence-corrected chi connectivity index (χ4v) is 2.21. The van der Waals surface area contributed by atoms with Crippen molar-refractivity contribution in [1.29, 1.82) is 0 Å². The van der Waals surface area contributed by atoms with Crippen LogP contribution in [0.15, 0.2) is 0 Å². The molecule has 0 unspecified atom stereocenters. The summed E-state index contributed by atoms with van der Waals surface area (Å²) in [6.07, 6.45) is 2.80. The van der Waals surface area contributed by atoms with Crippen molar-refractivity contribution in [3.05, 3.63) is 0 Å². The molecule has 0 bridgehead atoms. The summed E-state index contributed by atoms with van der Waals surface area (Å²) in [7, 11) is 0. The molecule has 4 heteroatoms. The molecule has 0 spiro atoms. The highest BCUT2D eigenvalue weighted by Gasteiger charge is 2.31. The second kappa shape index (κ2) is 4.34. The maximum absolute atomic E-state index is 11.9. The smallest absolute Gasteiger partial charge is 0.242 e. The molecule has 0 radical (unpaired) electrons. The number of carbonyl (C=O) groups excluding carboxylic acids is 1. The second-order valence-corrected chi connectivity index (χ2v) is 5.76. The predicted octanol–water partition coefficient (Wildman–Crippen LogP) is 0.278. The summed E-state index contributed by atoms with van der Waals surface area (Å²) < 4.78 is 0. The first-order valence-electron chi connectivity index (χ1n) is 6.27. The van der Waals surface area contributed by atoms with Crippen molar-refractivity contribution in [2.24, 2.45) is 11.7 Å². The van der Waals surface area contributed by atoms with Crippen LogP contribution in [0.5, 0.6) is 0 Å². The van der Waals surface area contributed by atoms with Crippen LogP contribution in [0, 0.1) is 5.92 Å². The molecule has 2 fully saturated rings. The Hall–Kier alpha value is -0.610. The number of piperazine rings is 1. The van der Waals surface area contributed by atoms with Crippen molar-refractivity contribution in [2.75, 3.05) is 32.7 Å². The Balaban J connectivity index is 1.77. The number of amides is 1. The van der Waals surface area contributed by atoms with Gasteiger partial charge in [0.25, 0.3) is 0 Å². The first-order valence-corrected chi connectivity index (χ1v) is 6.27. The molecule has 1 aliphatic carbocycles. The molecular formula is C12H23N3O. The van der Waals surface area contributed by atoms with Gasteiger partial charge in [-0.2, -0.15) is 0 Å². The molecule has 1 saturated carbocycles. The molecule has 0 aromatic heterocycles. The van der Waals surface area contributed by atoms with Crippen LogP contribution in [0.1, 0.15) is 26.7 Å². The van der Waals surface area contributed by atoms with Gasteiger partial charge in [0.2, 0.25) is 5.91 Å². The Labute approximate surface area is 97.8 Å². The number of hydrogen-bond donors (Lipinski definition) is 1. The second-order valence-electron chi connectivity index (χ2n) is 5.76. The maximum Gasteiger partial charge on any atom is 0.242 e. The van der Waals surface area contributed by atoms with Crippen molar-refractivity contribution in [2.45, 2.75) is 32.2 Å². The number of nitrogens with zero attached hydrogens (tertiary/aromatic N) is 2. The molecule has 4 nitrogen and oxygen atoms in total. The molecule has 2 aliphatic rings. The lowest BCUT2D eigenvalue weighted by Crippen LogP contribution is -2.57. The lowest BCUT2D eigenvalue weighted by molar-refractivity contribution is -0.137. The zero-order valence-corrected chi connectivity index (χ0v) is 10.4. The first-order chi connectivity index (χ1) is 7.47. The highest BCUT2D eigenvalue weighted by molar-refractivity contribution is 5.85. The average Bonchev–Trinajstić information content (AvgIpc) is 3.00. The third-order valence-corrected chi connectivity index (χ3v) is 3.42. The van der Waals surface area contributed by atoms with E-state index in [0.717, 1.165) is 32.1 Å². The molecule has 16 heavy (non-hydrogen) atoms. The minimum Gasteiger partial charge on any atom is -0.339 e. The van der Waals surface area contributed by atoms with E-state index in [9.17, 15) is 4.79 Å². The van der Waals surface area contributed by atoms with Crippen LogP contribution in [0.2, 0.25) is 0 Å². The van der Waals surface area contributed by atoms with E-state index in [-0.39, 0.29) is 5.91 Å². The van der Waals surface area contributed by atoms with Gasteiger partial charge in [0.1, 0.15) is 0 Å². The van der Waals surface area contributed by atoms with E-state index in [4.69, 9.17) is 5.73 Å². The number of rotatable bonds is 3. The van der Waals surface area contributed by atoms with Crippen LogP contribution in [0.25, 0.3) is 0 Å². The van der Waals surface area contributed by atoms with Gasteiger partial charge in [0.05, 0.1) is 5.54 Å². The Morgan fingerprint density at radius 1 is 1.25 bits per heavy atom. The number of hydrogen-bond acceptors (Lipinski definition) is 3. The van der Waals surface area contributed by atoms with Crippen LogP contribution in [0.4, 0.5) is 0 Å². The van der Waals surface area contributed by atoms with E-state index in [1.54, 1.807) is 13.8 Å². The Morgan fingerprint density at radius 3 is 2.25 bits per heavy atom. The summed E-state index contributed by atoms with van der Waals surface area (Å²) in [6, 6.07) is 0. The standard InChI is InChI=1S/C12H23N3O/c1-12(2,13)11(16)15-7-5-14(6-8-15)9-10-3-4-10/h10H,3-9,13H2,1-2H3. The van der Waals surface area contributed by atoms with E-state index >= 15 is 0 Å². The summed E-state index contributed by atoms with van der Waals surface area (Å²) in [5.41, 5.74) is 5.11. The minimum atomic E-state index is -0.724. The largest absolute Gasteiger partial charge is 0.339 e. The minimum absolute atomic E-state index is 0.0820. The number of carbonyl (C=O) groups is 1. The summed E-state index contributed by atoms with van der Waals surface area (Å²) in [5, 5.41) is 0. The summed E-state index contributed by atoms with van der Waals surface area (Å²) in [6.45, 7) is 8.50. The van der Waals surface area contributed by atoms with E-state index in [0.29, 0.717) is 0 Å². The molecule has 0 atom stereocenters. The third kappa shape index (κ3) is 2.95. The van der Waals surface area contributed by atoms with Crippen LogP contribution >= 0.6 is 0 Å². The van der Waals surface area contributed by atoms with Crippen molar-refractivity contribution >= 4 is 5.91 Å². The summed E-state index contributed by atoms with van der Waals surface area (Å²) in [4.78, 5) is 16.3. The topological polar surface area (TPSA) is 49.6 Å². The molecule has 0 aromatic rings.